The number of nitrogens with one attached hydrogen (secondary N) is 1. The first-order chi connectivity index (χ1) is 8.35. The topological polar surface area (TPSA) is 38.3 Å². The van der Waals surface area contributed by atoms with E-state index in [1.807, 2.05) is 0 Å². The number of methoxy groups -OCH3 is 1. The molecule has 18 heavy (non-hydrogen) atoms. The molecule has 0 amide bonds. The Morgan fingerprint density at radius 3 is 2.44 bits per heavy atom. The molecule has 0 aromatic heterocycles. The van der Waals surface area contributed by atoms with Crippen LogP contribution in [0.15, 0.2) is 12.7 Å². The first-order valence-corrected chi connectivity index (χ1v) is 5.87. The highest BCUT2D eigenvalue weighted by molar-refractivity contribution is 5.80. The maximum absolute atomic E-state index is 12.6. The van der Waals surface area contributed by atoms with Crippen molar-refractivity contribution >= 4 is 5.97 Å². The van der Waals surface area contributed by atoms with Gasteiger partial charge >= 0.3 is 12.1 Å². The molecule has 0 aromatic rings. The summed E-state index contributed by atoms with van der Waals surface area (Å²) in [5.41, 5.74) is -0.995. The number of hydrogen-bond donors (Lipinski definition) is 1. The minimum atomic E-state index is -4.18. The molecule has 1 rings (SSSR count). The van der Waals surface area contributed by atoms with E-state index in [2.05, 4.69) is 11.9 Å². The summed E-state index contributed by atoms with van der Waals surface area (Å²) in [4.78, 5) is 11.8. The molecule has 0 saturated heterocycles. The molecule has 0 atom stereocenters. The van der Waals surface area contributed by atoms with Crippen molar-refractivity contribution in [1.29, 1.82) is 0 Å². The van der Waals surface area contributed by atoms with Crippen molar-refractivity contribution < 1.29 is 22.7 Å². The van der Waals surface area contributed by atoms with Crippen molar-refractivity contribution in [3.63, 3.8) is 0 Å². The van der Waals surface area contributed by atoms with Gasteiger partial charge in [-0.3, -0.25) is 10.1 Å². The fraction of sp³-hybridized carbons (Fsp3) is 0.750. The molecule has 104 valence electrons. The minimum absolute atomic E-state index is 0.0528. The number of esters is 1. The molecule has 6 heteroatoms. The number of hydrogen-bond acceptors (Lipinski definition) is 3. The molecule has 0 unspecified atom stereocenters. The SMILES string of the molecule is C=CCNC1(C(=O)OC)CCC(C(F)(F)F)CC1. The lowest BCUT2D eigenvalue weighted by atomic mass is 9.76. The Morgan fingerprint density at radius 1 is 1.50 bits per heavy atom. The molecule has 1 fully saturated rings. The van der Waals surface area contributed by atoms with Crippen molar-refractivity contribution in [3.05, 3.63) is 12.7 Å². The molecule has 1 aliphatic carbocycles. The summed E-state index contributed by atoms with van der Waals surface area (Å²) < 4.78 is 42.4. The van der Waals surface area contributed by atoms with E-state index in [1.54, 1.807) is 6.08 Å². The van der Waals surface area contributed by atoms with Gasteiger partial charge in [-0.25, -0.2) is 0 Å². The average molecular weight is 265 g/mol. The molecule has 1 saturated carbocycles. The van der Waals surface area contributed by atoms with Crippen LogP contribution in [0.25, 0.3) is 0 Å². The van der Waals surface area contributed by atoms with Crippen molar-refractivity contribution in [2.24, 2.45) is 5.92 Å². The van der Waals surface area contributed by atoms with E-state index >= 15 is 0 Å². The Labute approximate surface area is 104 Å². The Kier molecular flexibility index (Phi) is 4.78. The summed E-state index contributed by atoms with van der Waals surface area (Å²) in [5.74, 6) is -1.81. The van der Waals surface area contributed by atoms with E-state index in [-0.39, 0.29) is 25.7 Å². The Morgan fingerprint density at radius 2 is 2.06 bits per heavy atom. The van der Waals surface area contributed by atoms with Crippen LogP contribution in [0.4, 0.5) is 13.2 Å². The van der Waals surface area contributed by atoms with E-state index in [1.165, 1.54) is 7.11 Å². The third-order valence-corrected chi connectivity index (χ3v) is 3.46. The number of ether oxygens (including phenoxy) is 1. The lowest BCUT2D eigenvalue weighted by Crippen LogP contribution is -2.55. The fourth-order valence-electron chi connectivity index (χ4n) is 2.35. The maximum Gasteiger partial charge on any atom is 0.391 e. The zero-order valence-electron chi connectivity index (χ0n) is 10.3. The van der Waals surface area contributed by atoms with E-state index in [0.29, 0.717) is 6.54 Å². The van der Waals surface area contributed by atoms with Crippen LogP contribution >= 0.6 is 0 Å². The molecular weight excluding hydrogens is 247 g/mol. The van der Waals surface area contributed by atoms with Crippen LogP contribution in [-0.2, 0) is 9.53 Å². The highest BCUT2D eigenvalue weighted by Gasteiger charge is 2.49. The van der Waals surface area contributed by atoms with E-state index in [9.17, 15) is 18.0 Å². The van der Waals surface area contributed by atoms with Crippen molar-refractivity contribution in [2.75, 3.05) is 13.7 Å². The monoisotopic (exact) mass is 265 g/mol. The Balaban J connectivity index is 2.73. The van der Waals surface area contributed by atoms with Gasteiger partial charge in [0.05, 0.1) is 13.0 Å². The second-order valence-corrected chi connectivity index (χ2v) is 4.56. The number of halogens is 3. The van der Waals surface area contributed by atoms with Crippen molar-refractivity contribution in [3.8, 4) is 0 Å². The zero-order valence-corrected chi connectivity index (χ0v) is 10.3. The lowest BCUT2D eigenvalue weighted by Gasteiger charge is -2.38. The molecule has 0 radical (unpaired) electrons. The Bertz CT molecular complexity index is 307. The third kappa shape index (κ3) is 3.25. The highest BCUT2D eigenvalue weighted by Crippen LogP contribution is 2.41. The first-order valence-electron chi connectivity index (χ1n) is 5.87. The smallest absolute Gasteiger partial charge is 0.391 e. The summed E-state index contributed by atoms with van der Waals surface area (Å²) >= 11 is 0. The normalized spacial score (nSPS) is 28.8. The zero-order chi connectivity index (χ0) is 13.8. The summed E-state index contributed by atoms with van der Waals surface area (Å²) in [6.07, 6.45) is -2.44. The minimum Gasteiger partial charge on any atom is -0.468 e. The third-order valence-electron chi connectivity index (χ3n) is 3.46. The van der Waals surface area contributed by atoms with Gasteiger partial charge in [-0.05, 0) is 25.7 Å². The van der Waals surface area contributed by atoms with Crippen LogP contribution < -0.4 is 5.32 Å². The molecule has 1 aliphatic rings. The van der Waals surface area contributed by atoms with Crippen LogP contribution in [0.2, 0.25) is 0 Å². The van der Waals surface area contributed by atoms with Crippen LogP contribution in [-0.4, -0.2) is 31.3 Å². The number of carbonyl (C=O) groups excluding carboxylic acids is 1. The maximum atomic E-state index is 12.6. The van der Waals surface area contributed by atoms with E-state index < -0.39 is 23.6 Å². The molecule has 0 aliphatic heterocycles. The first kappa shape index (κ1) is 15.0. The van der Waals surface area contributed by atoms with E-state index in [4.69, 9.17) is 4.74 Å². The fourth-order valence-corrected chi connectivity index (χ4v) is 2.35. The largest absolute Gasteiger partial charge is 0.468 e. The summed E-state index contributed by atoms with van der Waals surface area (Å²) in [7, 11) is 1.25. The van der Waals surface area contributed by atoms with Gasteiger partial charge in [0.1, 0.15) is 5.54 Å². The van der Waals surface area contributed by atoms with Gasteiger partial charge in [-0.1, -0.05) is 6.08 Å². The second-order valence-electron chi connectivity index (χ2n) is 4.56. The molecule has 3 nitrogen and oxygen atoms in total. The molecule has 0 aromatic carbocycles. The highest BCUT2D eigenvalue weighted by atomic mass is 19.4. The van der Waals surface area contributed by atoms with Gasteiger partial charge < -0.3 is 4.74 Å². The summed E-state index contributed by atoms with van der Waals surface area (Å²) in [5, 5.41) is 2.95. The average Bonchev–Trinajstić information content (AvgIpc) is 2.34. The van der Waals surface area contributed by atoms with Crippen LogP contribution in [0.5, 0.6) is 0 Å². The standard InChI is InChI=1S/C12H18F3NO2/c1-3-8-16-11(10(17)18-2)6-4-9(5-7-11)12(13,14)15/h3,9,16H,1,4-8H2,2H3. The number of carbonyl (C=O) groups is 1. The summed E-state index contributed by atoms with van der Waals surface area (Å²) in [6.45, 7) is 3.89. The van der Waals surface area contributed by atoms with Gasteiger partial charge in [0, 0.05) is 6.54 Å². The predicted octanol–water partition coefficient (Wildman–Crippen LogP) is 2.43. The van der Waals surface area contributed by atoms with Crippen LogP contribution in [0.1, 0.15) is 25.7 Å². The predicted molar refractivity (Wildman–Crippen MR) is 61.0 cm³/mol. The van der Waals surface area contributed by atoms with Gasteiger partial charge in [-0.15, -0.1) is 6.58 Å². The van der Waals surface area contributed by atoms with Crippen LogP contribution in [0, 0.1) is 5.92 Å². The quantitative estimate of drug-likeness (QED) is 0.626. The van der Waals surface area contributed by atoms with Gasteiger partial charge in [0.25, 0.3) is 0 Å². The number of rotatable bonds is 4. The Hall–Kier alpha value is -1.04. The number of alkyl halides is 3. The van der Waals surface area contributed by atoms with E-state index in [0.717, 1.165) is 0 Å². The second kappa shape index (κ2) is 5.73. The molecule has 0 bridgehead atoms. The van der Waals surface area contributed by atoms with Gasteiger partial charge in [0.15, 0.2) is 0 Å². The molecular formula is C12H18F3NO2. The van der Waals surface area contributed by atoms with Crippen molar-refractivity contribution in [2.45, 2.75) is 37.4 Å². The molecule has 0 spiro atoms. The summed E-state index contributed by atoms with van der Waals surface area (Å²) in [6, 6.07) is 0. The molecule has 0 heterocycles. The van der Waals surface area contributed by atoms with Crippen LogP contribution in [0.3, 0.4) is 0 Å². The molecule has 1 N–H and O–H groups in total. The van der Waals surface area contributed by atoms with Crippen molar-refractivity contribution in [1.82, 2.24) is 5.32 Å². The van der Waals surface area contributed by atoms with Gasteiger partial charge in [-0.2, -0.15) is 13.2 Å². The lowest BCUT2D eigenvalue weighted by molar-refractivity contribution is -0.188. The van der Waals surface area contributed by atoms with Gasteiger partial charge in [0.2, 0.25) is 0 Å².